The topological polar surface area (TPSA) is 101 Å². The first kappa shape index (κ1) is 19.8. The highest BCUT2D eigenvalue weighted by Crippen LogP contribution is 2.13. The van der Waals surface area contributed by atoms with Gasteiger partial charge in [-0.2, -0.15) is 0 Å². The van der Waals surface area contributed by atoms with Gasteiger partial charge >= 0.3 is 0 Å². The fourth-order valence-electron chi connectivity index (χ4n) is 3.17. The molecule has 0 bridgehead atoms. The number of amides is 1. The van der Waals surface area contributed by atoms with Crippen LogP contribution in [0, 0.1) is 12.3 Å². The van der Waals surface area contributed by atoms with Crippen LogP contribution in [0.5, 0.6) is 0 Å². The van der Waals surface area contributed by atoms with E-state index in [1.807, 2.05) is 13.0 Å². The van der Waals surface area contributed by atoms with Gasteiger partial charge in [0.2, 0.25) is 0 Å². The van der Waals surface area contributed by atoms with Crippen molar-refractivity contribution in [3.05, 3.63) is 51.4 Å². The molecular weight excluding hydrogens is 358 g/mol. The van der Waals surface area contributed by atoms with E-state index in [0.717, 1.165) is 18.4 Å². The van der Waals surface area contributed by atoms with E-state index in [4.69, 9.17) is 10.1 Å². The normalized spacial score (nSPS) is 11.2. The van der Waals surface area contributed by atoms with Gasteiger partial charge in [-0.1, -0.05) is 19.4 Å². The number of nitrogens with one attached hydrogen (secondary N) is 2. The lowest BCUT2D eigenvalue weighted by atomic mass is 10.1. The number of aromatic nitrogens is 3. The van der Waals surface area contributed by atoms with Gasteiger partial charge in [0.25, 0.3) is 11.5 Å². The number of ether oxygens (including phenoxy) is 1. The third-order valence-corrected chi connectivity index (χ3v) is 4.71. The average molecular weight is 383 g/mol. The Balaban J connectivity index is 2.29. The van der Waals surface area contributed by atoms with Crippen molar-refractivity contribution < 1.29 is 9.53 Å². The van der Waals surface area contributed by atoms with Gasteiger partial charge < -0.3 is 14.6 Å². The summed E-state index contributed by atoms with van der Waals surface area (Å²) in [5.74, 6) is -0.400. The summed E-state index contributed by atoms with van der Waals surface area (Å²) in [4.78, 5) is 30.4. The van der Waals surface area contributed by atoms with Crippen LogP contribution < -0.4 is 16.4 Å². The van der Waals surface area contributed by atoms with Crippen LogP contribution in [0.2, 0.25) is 0 Å². The van der Waals surface area contributed by atoms with Crippen LogP contribution in [0.25, 0.3) is 16.7 Å². The van der Waals surface area contributed by atoms with Crippen molar-refractivity contribution in [2.24, 2.45) is 0 Å². The molecule has 28 heavy (non-hydrogen) atoms. The zero-order chi connectivity index (χ0) is 20.3. The number of hydrogen-bond donors (Lipinski definition) is 2. The lowest BCUT2D eigenvalue weighted by molar-refractivity contribution is 0.0934. The fraction of sp³-hybridized carbons (Fsp3) is 0.400. The minimum atomic E-state index is -0.400. The van der Waals surface area contributed by atoms with Crippen molar-refractivity contribution in [3.63, 3.8) is 0 Å². The molecule has 148 valence electrons. The second-order valence-corrected chi connectivity index (χ2v) is 6.70. The Hall–Kier alpha value is -3.00. The molecule has 3 aromatic rings. The van der Waals surface area contributed by atoms with E-state index in [0.29, 0.717) is 36.4 Å². The molecule has 3 aromatic heterocycles. The summed E-state index contributed by atoms with van der Waals surface area (Å²) in [6.45, 7) is 5.16. The van der Waals surface area contributed by atoms with E-state index in [2.05, 4.69) is 17.2 Å². The first-order valence-electron chi connectivity index (χ1n) is 9.36. The SMILES string of the molecule is CCCCn1c(=N)c(C(=O)NCCOC)cc2c(=O)n3cccc(C)c3nc21. The molecule has 0 saturated heterocycles. The largest absolute Gasteiger partial charge is 0.383 e. The minimum Gasteiger partial charge on any atom is -0.383 e. The molecule has 8 nitrogen and oxygen atoms in total. The Labute approximate surface area is 162 Å². The summed E-state index contributed by atoms with van der Waals surface area (Å²) < 4.78 is 8.10. The number of carbonyl (C=O) groups excluding carboxylic acids is 1. The molecule has 3 rings (SSSR count). The lowest BCUT2D eigenvalue weighted by Gasteiger charge is -2.15. The number of nitrogens with zero attached hydrogens (tertiary/aromatic N) is 3. The van der Waals surface area contributed by atoms with Gasteiger partial charge in [-0.3, -0.25) is 19.4 Å². The van der Waals surface area contributed by atoms with E-state index in [-0.39, 0.29) is 16.6 Å². The molecule has 2 N–H and O–H groups in total. The summed E-state index contributed by atoms with van der Waals surface area (Å²) in [5.41, 5.74) is 1.83. The monoisotopic (exact) mass is 383 g/mol. The van der Waals surface area contributed by atoms with Crippen molar-refractivity contribution in [3.8, 4) is 0 Å². The third kappa shape index (κ3) is 3.55. The maximum atomic E-state index is 13.1. The molecule has 0 unspecified atom stereocenters. The van der Waals surface area contributed by atoms with Gasteiger partial charge in [0, 0.05) is 26.4 Å². The van der Waals surface area contributed by atoms with Crippen molar-refractivity contribution in [2.75, 3.05) is 20.3 Å². The molecular formula is C20H25N5O3. The van der Waals surface area contributed by atoms with Crippen LogP contribution in [-0.4, -0.2) is 40.1 Å². The van der Waals surface area contributed by atoms with E-state index in [1.165, 1.54) is 10.5 Å². The smallest absolute Gasteiger partial charge is 0.267 e. The number of methoxy groups -OCH3 is 1. The Morgan fingerprint density at radius 3 is 2.86 bits per heavy atom. The van der Waals surface area contributed by atoms with Crippen molar-refractivity contribution >= 4 is 22.6 Å². The highest BCUT2D eigenvalue weighted by atomic mass is 16.5. The van der Waals surface area contributed by atoms with E-state index in [1.54, 1.807) is 23.9 Å². The van der Waals surface area contributed by atoms with Crippen LogP contribution in [0.15, 0.2) is 29.2 Å². The molecule has 0 aliphatic heterocycles. The molecule has 0 spiro atoms. The molecule has 0 radical (unpaired) electrons. The van der Waals surface area contributed by atoms with E-state index < -0.39 is 5.91 Å². The predicted molar refractivity (Wildman–Crippen MR) is 107 cm³/mol. The quantitative estimate of drug-likeness (QED) is 0.478. The molecule has 0 aliphatic rings. The van der Waals surface area contributed by atoms with Crippen LogP contribution in [0.3, 0.4) is 0 Å². The summed E-state index contributed by atoms with van der Waals surface area (Å²) >= 11 is 0. The molecule has 0 fully saturated rings. The molecule has 3 heterocycles. The summed E-state index contributed by atoms with van der Waals surface area (Å²) in [6, 6.07) is 5.16. The predicted octanol–water partition coefficient (Wildman–Crippen LogP) is 1.61. The number of pyridine rings is 2. The summed E-state index contributed by atoms with van der Waals surface area (Å²) in [5, 5.41) is 11.6. The number of unbranched alkanes of at least 4 members (excludes halogenated alkanes) is 1. The van der Waals surface area contributed by atoms with Crippen LogP contribution >= 0.6 is 0 Å². The van der Waals surface area contributed by atoms with Crippen LogP contribution in [0.4, 0.5) is 0 Å². The molecule has 0 aromatic carbocycles. The lowest BCUT2D eigenvalue weighted by Crippen LogP contribution is -2.36. The Morgan fingerprint density at radius 1 is 1.36 bits per heavy atom. The second-order valence-electron chi connectivity index (χ2n) is 6.70. The van der Waals surface area contributed by atoms with Crippen LogP contribution in [0.1, 0.15) is 35.7 Å². The van der Waals surface area contributed by atoms with Gasteiger partial charge in [0.15, 0.2) is 0 Å². The number of hydrogen-bond acceptors (Lipinski definition) is 5. The van der Waals surface area contributed by atoms with Gasteiger partial charge in [0.1, 0.15) is 16.8 Å². The first-order chi connectivity index (χ1) is 13.5. The zero-order valence-corrected chi connectivity index (χ0v) is 16.4. The van der Waals surface area contributed by atoms with Crippen molar-refractivity contribution in [2.45, 2.75) is 33.2 Å². The average Bonchev–Trinajstić information content (AvgIpc) is 2.68. The number of aryl methyl sites for hydroxylation is 2. The van der Waals surface area contributed by atoms with Crippen molar-refractivity contribution in [1.82, 2.24) is 19.3 Å². The fourth-order valence-corrected chi connectivity index (χ4v) is 3.17. The molecule has 1 amide bonds. The van der Waals surface area contributed by atoms with Gasteiger partial charge in [0.05, 0.1) is 17.6 Å². The first-order valence-corrected chi connectivity index (χ1v) is 9.36. The number of carbonyl (C=O) groups is 1. The Bertz CT molecular complexity index is 1150. The van der Waals surface area contributed by atoms with E-state index >= 15 is 0 Å². The minimum absolute atomic E-state index is 0.0562. The Kier molecular flexibility index (Phi) is 5.89. The zero-order valence-electron chi connectivity index (χ0n) is 16.4. The highest BCUT2D eigenvalue weighted by Gasteiger charge is 2.17. The van der Waals surface area contributed by atoms with Crippen molar-refractivity contribution in [1.29, 1.82) is 5.41 Å². The highest BCUT2D eigenvalue weighted by molar-refractivity contribution is 5.96. The number of rotatable bonds is 7. The maximum Gasteiger partial charge on any atom is 0.267 e. The maximum absolute atomic E-state index is 13.1. The molecule has 8 heteroatoms. The third-order valence-electron chi connectivity index (χ3n) is 4.71. The van der Waals surface area contributed by atoms with Gasteiger partial charge in [-0.25, -0.2) is 4.98 Å². The Morgan fingerprint density at radius 2 is 2.14 bits per heavy atom. The van der Waals surface area contributed by atoms with Crippen LogP contribution in [-0.2, 0) is 11.3 Å². The summed E-state index contributed by atoms with van der Waals surface area (Å²) in [7, 11) is 1.55. The second kappa shape index (κ2) is 8.35. The number of fused-ring (bicyclic) bond motifs is 2. The van der Waals surface area contributed by atoms with Gasteiger partial charge in [-0.15, -0.1) is 0 Å². The van der Waals surface area contributed by atoms with Gasteiger partial charge in [-0.05, 0) is 31.0 Å². The molecule has 0 aliphatic carbocycles. The molecule has 0 saturated carbocycles. The molecule has 0 atom stereocenters. The standard InChI is InChI=1S/C20H25N5O3/c1-4-5-9-24-16(21)14(19(26)22-8-11-28-3)12-15-18(24)23-17-13(2)7-6-10-25(17)20(15)27/h6-7,10,12,21H,4-5,8-9,11H2,1-3H3,(H,22,26). The summed E-state index contributed by atoms with van der Waals surface area (Å²) in [6.07, 6.45) is 3.40. The van der Waals surface area contributed by atoms with E-state index in [9.17, 15) is 9.59 Å².